The van der Waals surface area contributed by atoms with Gasteiger partial charge in [0.25, 0.3) is 0 Å². The van der Waals surface area contributed by atoms with Crippen LogP contribution in [-0.2, 0) is 9.59 Å². The maximum absolute atomic E-state index is 11.1. The van der Waals surface area contributed by atoms with E-state index >= 15 is 0 Å². The van der Waals surface area contributed by atoms with Crippen LogP contribution in [0.5, 0.6) is 0 Å². The molecule has 0 radical (unpaired) electrons. The van der Waals surface area contributed by atoms with E-state index in [0.29, 0.717) is 25.0 Å². The SMILES string of the molecule is CCCCC(=O)CCCCC(=O)Cl. The summed E-state index contributed by atoms with van der Waals surface area (Å²) in [6, 6.07) is 0. The van der Waals surface area contributed by atoms with Crippen LogP contribution < -0.4 is 0 Å². The van der Waals surface area contributed by atoms with E-state index in [2.05, 4.69) is 6.92 Å². The van der Waals surface area contributed by atoms with Gasteiger partial charge in [0.1, 0.15) is 5.78 Å². The lowest BCUT2D eigenvalue weighted by Gasteiger charge is -1.98. The normalized spacial score (nSPS) is 10.0. The second kappa shape index (κ2) is 8.24. The zero-order valence-corrected chi connectivity index (χ0v) is 8.90. The fourth-order valence-electron chi connectivity index (χ4n) is 1.09. The number of ketones is 1. The van der Waals surface area contributed by atoms with Crippen molar-refractivity contribution in [3.05, 3.63) is 0 Å². The summed E-state index contributed by atoms with van der Waals surface area (Å²) in [5.41, 5.74) is 0. The lowest BCUT2D eigenvalue weighted by molar-refractivity contribution is -0.119. The van der Waals surface area contributed by atoms with Crippen LogP contribution in [0.4, 0.5) is 0 Å². The summed E-state index contributed by atoms with van der Waals surface area (Å²) in [6.45, 7) is 2.07. The third kappa shape index (κ3) is 9.54. The average Bonchev–Trinajstić information content (AvgIpc) is 2.08. The highest BCUT2D eigenvalue weighted by molar-refractivity contribution is 6.63. The Labute approximate surface area is 84.7 Å². The van der Waals surface area contributed by atoms with E-state index in [1.165, 1.54) is 0 Å². The molecule has 0 saturated heterocycles. The fourth-order valence-corrected chi connectivity index (χ4v) is 1.22. The fraction of sp³-hybridized carbons (Fsp3) is 0.800. The number of hydrogen-bond donors (Lipinski definition) is 0. The molecule has 13 heavy (non-hydrogen) atoms. The van der Waals surface area contributed by atoms with Gasteiger partial charge in [0, 0.05) is 19.3 Å². The van der Waals surface area contributed by atoms with Crippen molar-refractivity contribution in [2.45, 2.75) is 51.9 Å². The van der Waals surface area contributed by atoms with Crippen LogP contribution in [0.2, 0.25) is 0 Å². The molecule has 0 saturated carbocycles. The van der Waals surface area contributed by atoms with Crippen LogP contribution >= 0.6 is 11.6 Å². The van der Waals surface area contributed by atoms with E-state index in [-0.39, 0.29) is 5.24 Å². The zero-order chi connectivity index (χ0) is 10.1. The number of hydrogen-bond acceptors (Lipinski definition) is 2. The number of carbonyl (C=O) groups excluding carboxylic acids is 2. The summed E-state index contributed by atoms with van der Waals surface area (Å²) in [5, 5.41) is -0.305. The predicted molar refractivity (Wildman–Crippen MR) is 53.9 cm³/mol. The molecular weight excluding hydrogens is 188 g/mol. The lowest BCUT2D eigenvalue weighted by atomic mass is 10.1. The first-order chi connectivity index (χ1) is 6.16. The van der Waals surface area contributed by atoms with Gasteiger partial charge in [-0.05, 0) is 30.9 Å². The van der Waals surface area contributed by atoms with E-state index in [1.54, 1.807) is 0 Å². The van der Waals surface area contributed by atoms with E-state index in [1.807, 2.05) is 0 Å². The zero-order valence-electron chi connectivity index (χ0n) is 8.14. The molecule has 0 spiro atoms. The molecule has 0 amide bonds. The summed E-state index contributed by atoms with van der Waals surface area (Å²) < 4.78 is 0. The molecule has 0 aliphatic heterocycles. The van der Waals surface area contributed by atoms with E-state index < -0.39 is 0 Å². The molecule has 0 atom stereocenters. The quantitative estimate of drug-likeness (QED) is 0.450. The second-order valence-corrected chi connectivity index (χ2v) is 3.63. The minimum absolute atomic E-state index is 0.305. The molecule has 0 aliphatic carbocycles. The molecule has 3 heteroatoms. The highest BCUT2D eigenvalue weighted by atomic mass is 35.5. The van der Waals surface area contributed by atoms with Gasteiger partial charge in [-0.3, -0.25) is 9.59 Å². The minimum Gasteiger partial charge on any atom is -0.300 e. The monoisotopic (exact) mass is 204 g/mol. The van der Waals surface area contributed by atoms with Crippen molar-refractivity contribution < 1.29 is 9.59 Å². The summed E-state index contributed by atoms with van der Waals surface area (Å²) in [6.07, 6.45) is 5.25. The highest BCUT2D eigenvalue weighted by Gasteiger charge is 2.01. The molecule has 0 aliphatic rings. The molecule has 0 fully saturated rings. The molecule has 0 N–H and O–H groups in total. The van der Waals surface area contributed by atoms with Gasteiger partial charge in [-0.1, -0.05) is 13.3 Å². The molecule has 0 rings (SSSR count). The van der Waals surface area contributed by atoms with Gasteiger partial charge in [-0.2, -0.15) is 0 Å². The number of halogens is 1. The molecule has 0 bridgehead atoms. The van der Waals surface area contributed by atoms with Gasteiger partial charge in [-0.15, -0.1) is 0 Å². The van der Waals surface area contributed by atoms with Crippen LogP contribution in [0.1, 0.15) is 51.9 Å². The van der Waals surface area contributed by atoms with Gasteiger partial charge >= 0.3 is 0 Å². The van der Waals surface area contributed by atoms with Gasteiger partial charge in [0.2, 0.25) is 5.24 Å². The first kappa shape index (κ1) is 12.6. The minimum atomic E-state index is -0.305. The molecule has 76 valence electrons. The Balaban J connectivity index is 3.22. The van der Waals surface area contributed by atoms with Crippen molar-refractivity contribution in [3.8, 4) is 0 Å². The summed E-state index contributed by atoms with van der Waals surface area (Å²) in [4.78, 5) is 21.5. The maximum atomic E-state index is 11.1. The van der Waals surface area contributed by atoms with Crippen LogP contribution in [-0.4, -0.2) is 11.0 Å². The van der Waals surface area contributed by atoms with Crippen LogP contribution in [0, 0.1) is 0 Å². The van der Waals surface area contributed by atoms with Crippen molar-refractivity contribution in [2.24, 2.45) is 0 Å². The smallest absolute Gasteiger partial charge is 0.221 e. The molecule has 0 heterocycles. The standard InChI is InChI=1S/C10H17ClO2/c1-2-3-6-9(12)7-4-5-8-10(11)13/h2-8H2,1H3. The first-order valence-corrected chi connectivity index (χ1v) is 5.24. The molecule has 2 nitrogen and oxygen atoms in total. The Morgan fingerprint density at radius 3 is 2.08 bits per heavy atom. The summed E-state index contributed by atoms with van der Waals surface area (Å²) in [5.74, 6) is 0.309. The van der Waals surface area contributed by atoms with Gasteiger partial charge < -0.3 is 0 Å². The lowest BCUT2D eigenvalue weighted by Crippen LogP contribution is -1.97. The Morgan fingerprint density at radius 2 is 1.54 bits per heavy atom. The summed E-state index contributed by atoms with van der Waals surface area (Å²) in [7, 11) is 0. The average molecular weight is 205 g/mol. The Bertz CT molecular complexity index is 166. The Hall–Kier alpha value is -0.370. The summed E-state index contributed by atoms with van der Waals surface area (Å²) >= 11 is 5.15. The van der Waals surface area contributed by atoms with Crippen molar-refractivity contribution in [2.75, 3.05) is 0 Å². The van der Waals surface area contributed by atoms with Crippen molar-refractivity contribution >= 4 is 22.6 Å². The van der Waals surface area contributed by atoms with Crippen LogP contribution in [0.15, 0.2) is 0 Å². The second-order valence-electron chi connectivity index (χ2n) is 3.20. The highest BCUT2D eigenvalue weighted by Crippen LogP contribution is 2.06. The molecular formula is C10H17ClO2. The molecule has 0 aromatic carbocycles. The van der Waals surface area contributed by atoms with Gasteiger partial charge in [0.15, 0.2) is 0 Å². The third-order valence-corrected chi connectivity index (χ3v) is 2.08. The number of rotatable bonds is 8. The Morgan fingerprint density at radius 1 is 1.00 bits per heavy atom. The maximum Gasteiger partial charge on any atom is 0.221 e. The van der Waals surface area contributed by atoms with E-state index in [0.717, 1.165) is 25.7 Å². The number of Topliss-reactive ketones (excluding diaryl/α,β-unsaturated/α-hetero) is 1. The topological polar surface area (TPSA) is 34.1 Å². The van der Waals surface area contributed by atoms with Gasteiger partial charge in [0.05, 0.1) is 0 Å². The molecule has 0 unspecified atom stereocenters. The third-order valence-electron chi connectivity index (χ3n) is 1.89. The predicted octanol–water partition coefficient (Wildman–Crippen LogP) is 3.07. The largest absolute Gasteiger partial charge is 0.300 e. The van der Waals surface area contributed by atoms with Crippen molar-refractivity contribution in [1.82, 2.24) is 0 Å². The molecule has 0 aromatic heterocycles. The number of unbranched alkanes of at least 4 members (excludes halogenated alkanes) is 2. The number of carbonyl (C=O) groups is 2. The molecule has 0 aromatic rings. The van der Waals surface area contributed by atoms with Gasteiger partial charge in [-0.25, -0.2) is 0 Å². The van der Waals surface area contributed by atoms with E-state index in [4.69, 9.17) is 11.6 Å². The van der Waals surface area contributed by atoms with E-state index in [9.17, 15) is 9.59 Å². The first-order valence-electron chi connectivity index (χ1n) is 4.86. The van der Waals surface area contributed by atoms with Crippen molar-refractivity contribution in [3.63, 3.8) is 0 Å². The Kier molecular flexibility index (Phi) is 8.00. The van der Waals surface area contributed by atoms with Crippen molar-refractivity contribution in [1.29, 1.82) is 0 Å². The van der Waals surface area contributed by atoms with Crippen LogP contribution in [0.25, 0.3) is 0 Å². The van der Waals surface area contributed by atoms with Crippen LogP contribution in [0.3, 0.4) is 0 Å².